The first-order valence-corrected chi connectivity index (χ1v) is 5.12. The van der Waals surface area contributed by atoms with E-state index in [1.165, 1.54) is 0 Å². The van der Waals surface area contributed by atoms with Crippen molar-refractivity contribution in [2.45, 2.75) is 6.04 Å². The van der Waals surface area contributed by atoms with Crippen LogP contribution < -0.4 is 5.32 Å². The lowest BCUT2D eigenvalue weighted by Gasteiger charge is -2.05. The second-order valence-electron chi connectivity index (χ2n) is 3.40. The first-order valence-electron chi connectivity index (χ1n) is 5.12. The van der Waals surface area contributed by atoms with Crippen molar-refractivity contribution in [1.29, 1.82) is 0 Å². The van der Waals surface area contributed by atoms with Gasteiger partial charge in [0, 0.05) is 0 Å². The molecule has 0 spiro atoms. The first kappa shape index (κ1) is 10.6. The summed E-state index contributed by atoms with van der Waals surface area (Å²) in [7, 11) is 1.87. The molecule has 2 rings (SSSR count). The quantitative estimate of drug-likeness (QED) is 0.788. The van der Waals surface area contributed by atoms with E-state index in [4.69, 9.17) is 0 Å². The Balaban J connectivity index is 2.29. The molecule has 0 fully saturated rings. The Hall–Kier alpha value is -1.94. The van der Waals surface area contributed by atoms with Crippen LogP contribution in [0.2, 0.25) is 0 Å². The first-order chi connectivity index (χ1) is 7.85. The highest BCUT2D eigenvalue weighted by Crippen LogP contribution is 2.11. The summed E-state index contributed by atoms with van der Waals surface area (Å²) in [6, 6.07) is 9.85. The van der Waals surface area contributed by atoms with Gasteiger partial charge in [-0.3, -0.25) is 0 Å². The maximum atomic E-state index is 4.39. The fraction of sp³-hybridized carbons (Fsp3) is 0.167. The highest BCUT2D eigenvalue weighted by atomic mass is 15.5. The Kier molecular flexibility index (Phi) is 3.12. The lowest BCUT2D eigenvalue weighted by atomic mass is 10.2. The molecule has 0 radical (unpaired) electrons. The van der Waals surface area contributed by atoms with Gasteiger partial charge in [0.25, 0.3) is 0 Å². The van der Waals surface area contributed by atoms with Crippen molar-refractivity contribution in [3.8, 4) is 5.69 Å². The summed E-state index contributed by atoms with van der Waals surface area (Å²) in [5.74, 6) is 0. The Morgan fingerprint density at radius 2 is 2.12 bits per heavy atom. The average Bonchev–Trinajstić information content (AvgIpc) is 2.81. The molecule has 2 aromatic rings. The minimum Gasteiger partial charge on any atom is -0.308 e. The van der Waals surface area contributed by atoms with Crippen LogP contribution in [0.4, 0.5) is 0 Å². The molecule has 4 nitrogen and oxygen atoms in total. The second kappa shape index (κ2) is 4.72. The number of nitrogens with zero attached hydrogens (tertiary/aromatic N) is 3. The van der Waals surface area contributed by atoms with Crippen molar-refractivity contribution in [3.05, 3.63) is 54.9 Å². The molecule has 16 heavy (non-hydrogen) atoms. The highest BCUT2D eigenvalue weighted by molar-refractivity contribution is 5.28. The van der Waals surface area contributed by atoms with Gasteiger partial charge in [-0.05, 0) is 19.2 Å². The molecular formula is C12H14N4. The molecule has 1 aromatic heterocycles. The summed E-state index contributed by atoms with van der Waals surface area (Å²) in [5, 5.41) is 11.7. The summed E-state index contributed by atoms with van der Waals surface area (Å²) >= 11 is 0. The van der Waals surface area contributed by atoms with E-state index in [1.807, 2.05) is 37.4 Å². The lowest BCUT2D eigenvalue weighted by Crippen LogP contribution is -2.14. The second-order valence-corrected chi connectivity index (χ2v) is 3.40. The molecule has 1 unspecified atom stereocenters. The largest absolute Gasteiger partial charge is 0.308 e. The van der Waals surface area contributed by atoms with Crippen molar-refractivity contribution >= 4 is 0 Å². The van der Waals surface area contributed by atoms with Gasteiger partial charge >= 0.3 is 0 Å². The normalized spacial score (nSPS) is 12.3. The molecule has 4 heteroatoms. The standard InChI is InChI=1S/C12H14N4/c1-3-11(13-2)12-9-14-16(15-12)10-7-5-4-6-8-10/h3-9,11,13H,1H2,2H3. The number of aromatic nitrogens is 3. The molecule has 0 aliphatic rings. The smallest absolute Gasteiger partial charge is 0.104 e. The summed E-state index contributed by atoms with van der Waals surface area (Å²) in [6.07, 6.45) is 3.55. The van der Waals surface area contributed by atoms with Crippen molar-refractivity contribution < 1.29 is 0 Å². The zero-order chi connectivity index (χ0) is 11.4. The van der Waals surface area contributed by atoms with Crippen LogP contribution in [0.5, 0.6) is 0 Å². The van der Waals surface area contributed by atoms with Crippen LogP contribution in [0.15, 0.2) is 49.2 Å². The minimum absolute atomic E-state index is 0.0393. The van der Waals surface area contributed by atoms with Crippen LogP contribution >= 0.6 is 0 Å². The van der Waals surface area contributed by atoms with Crippen molar-refractivity contribution in [2.75, 3.05) is 7.05 Å². The monoisotopic (exact) mass is 214 g/mol. The fourth-order valence-corrected chi connectivity index (χ4v) is 1.49. The average molecular weight is 214 g/mol. The zero-order valence-corrected chi connectivity index (χ0v) is 9.17. The molecule has 1 N–H and O–H groups in total. The number of para-hydroxylation sites is 1. The van der Waals surface area contributed by atoms with E-state index in [2.05, 4.69) is 22.1 Å². The number of nitrogens with one attached hydrogen (secondary N) is 1. The van der Waals surface area contributed by atoms with Crippen LogP contribution in [0.25, 0.3) is 5.69 Å². The highest BCUT2D eigenvalue weighted by Gasteiger charge is 2.09. The number of hydrogen-bond donors (Lipinski definition) is 1. The van der Waals surface area contributed by atoms with Crippen molar-refractivity contribution in [3.63, 3.8) is 0 Å². The Morgan fingerprint density at radius 1 is 1.38 bits per heavy atom. The summed E-state index contributed by atoms with van der Waals surface area (Å²) < 4.78 is 0. The summed E-state index contributed by atoms with van der Waals surface area (Å²) in [4.78, 5) is 1.61. The van der Waals surface area contributed by atoms with Gasteiger partial charge in [0.2, 0.25) is 0 Å². The topological polar surface area (TPSA) is 42.7 Å². The molecule has 0 bridgehead atoms. The number of likely N-dealkylation sites (N-methyl/N-ethyl adjacent to an activating group) is 1. The Bertz CT molecular complexity index is 461. The van der Waals surface area contributed by atoms with Crippen LogP contribution in [-0.2, 0) is 0 Å². The third-order valence-corrected chi connectivity index (χ3v) is 2.36. The summed E-state index contributed by atoms with van der Waals surface area (Å²) in [6.45, 7) is 3.75. The van der Waals surface area contributed by atoms with Gasteiger partial charge in [0.15, 0.2) is 0 Å². The molecule has 0 aliphatic heterocycles. The molecule has 1 aromatic carbocycles. The molecule has 82 valence electrons. The van der Waals surface area contributed by atoms with E-state index in [-0.39, 0.29) is 6.04 Å². The van der Waals surface area contributed by atoms with Crippen LogP contribution in [0.1, 0.15) is 11.7 Å². The molecule has 1 atom stereocenters. The van der Waals surface area contributed by atoms with Crippen LogP contribution in [0.3, 0.4) is 0 Å². The summed E-state index contributed by atoms with van der Waals surface area (Å²) in [5.41, 5.74) is 1.81. The van der Waals surface area contributed by atoms with E-state index >= 15 is 0 Å². The third kappa shape index (κ3) is 2.01. The Morgan fingerprint density at radius 3 is 2.75 bits per heavy atom. The fourth-order valence-electron chi connectivity index (χ4n) is 1.49. The van der Waals surface area contributed by atoms with Crippen LogP contribution in [0, 0.1) is 0 Å². The molecule has 0 aliphatic carbocycles. The Labute approximate surface area is 94.6 Å². The number of rotatable bonds is 4. The van der Waals surface area contributed by atoms with Gasteiger partial charge in [-0.15, -0.1) is 6.58 Å². The van der Waals surface area contributed by atoms with Gasteiger partial charge < -0.3 is 5.32 Å². The number of benzene rings is 1. The lowest BCUT2D eigenvalue weighted by molar-refractivity contribution is 0.666. The molecule has 0 saturated carbocycles. The van der Waals surface area contributed by atoms with E-state index in [0.29, 0.717) is 0 Å². The zero-order valence-electron chi connectivity index (χ0n) is 9.17. The maximum absolute atomic E-state index is 4.39. The predicted octanol–water partition coefficient (Wildman–Crippen LogP) is 1.71. The van der Waals surface area contributed by atoms with Crippen LogP contribution in [-0.4, -0.2) is 22.0 Å². The van der Waals surface area contributed by atoms with Gasteiger partial charge in [0.05, 0.1) is 17.9 Å². The molecular weight excluding hydrogens is 200 g/mol. The third-order valence-electron chi connectivity index (χ3n) is 2.36. The van der Waals surface area contributed by atoms with Gasteiger partial charge in [0.1, 0.15) is 5.69 Å². The maximum Gasteiger partial charge on any atom is 0.104 e. The minimum atomic E-state index is 0.0393. The SMILES string of the molecule is C=CC(NC)c1cnn(-c2ccccc2)n1. The van der Waals surface area contributed by atoms with E-state index in [0.717, 1.165) is 11.4 Å². The molecule has 0 saturated heterocycles. The predicted molar refractivity (Wildman–Crippen MR) is 63.4 cm³/mol. The van der Waals surface area contributed by atoms with Crippen molar-refractivity contribution in [2.24, 2.45) is 0 Å². The molecule has 0 amide bonds. The van der Waals surface area contributed by atoms with E-state index in [1.54, 1.807) is 17.1 Å². The van der Waals surface area contributed by atoms with E-state index < -0.39 is 0 Å². The van der Waals surface area contributed by atoms with Gasteiger partial charge in [-0.1, -0.05) is 24.3 Å². The van der Waals surface area contributed by atoms with Gasteiger partial charge in [-0.25, -0.2) is 0 Å². The van der Waals surface area contributed by atoms with E-state index in [9.17, 15) is 0 Å². The van der Waals surface area contributed by atoms with Crippen molar-refractivity contribution in [1.82, 2.24) is 20.3 Å². The number of hydrogen-bond acceptors (Lipinski definition) is 3. The molecule has 1 heterocycles. The van der Waals surface area contributed by atoms with Gasteiger partial charge in [-0.2, -0.15) is 15.0 Å².